The minimum Gasteiger partial charge on any atom is -0.486 e. The number of nitrogens with one attached hydrogen (secondary N) is 2. The fourth-order valence-corrected chi connectivity index (χ4v) is 5.65. The number of likely N-dealkylation sites (tertiary alicyclic amines) is 1. The summed E-state index contributed by atoms with van der Waals surface area (Å²) < 4.78 is 25.6. The van der Waals surface area contributed by atoms with Crippen LogP contribution in [0.4, 0.5) is 15.9 Å². The second kappa shape index (κ2) is 10.4. The van der Waals surface area contributed by atoms with Crippen molar-refractivity contribution in [2.45, 2.75) is 44.8 Å². The Morgan fingerprint density at radius 1 is 1.26 bits per heavy atom. The number of thiophene rings is 1. The van der Waals surface area contributed by atoms with Crippen LogP contribution in [0.5, 0.6) is 5.75 Å². The van der Waals surface area contributed by atoms with Crippen LogP contribution in [0, 0.1) is 12.7 Å². The summed E-state index contributed by atoms with van der Waals surface area (Å²) in [4.78, 5) is 25.6. The van der Waals surface area contributed by atoms with Crippen LogP contribution >= 0.6 is 11.3 Å². The smallest absolute Gasteiger partial charge is 0.261 e. The number of aryl methyl sites for hydroxylation is 1. The van der Waals surface area contributed by atoms with E-state index in [-0.39, 0.29) is 23.9 Å². The van der Waals surface area contributed by atoms with Crippen molar-refractivity contribution in [1.82, 2.24) is 20.2 Å². The number of aromatic nitrogens is 2. The Bertz CT molecular complexity index is 1210. The summed E-state index contributed by atoms with van der Waals surface area (Å²) in [6, 6.07) is 4.56. The lowest BCUT2D eigenvalue weighted by molar-refractivity contribution is 0.00763. The van der Waals surface area contributed by atoms with Crippen molar-refractivity contribution >= 4 is 39.0 Å². The molecule has 3 aromatic rings. The molecule has 2 fully saturated rings. The van der Waals surface area contributed by atoms with Gasteiger partial charge in [0.05, 0.1) is 22.6 Å². The maximum atomic E-state index is 14.1. The average molecular weight is 500 g/mol. The number of piperidine rings is 1. The van der Waals surface area contributed by atoms with Crippen LogP contribution in [-0.2, 0) is 4.74 Å². The molecule has 10 heteroatoms. The summed E-state index contributed by atoms with van der Waals surface area (Å²) in [6.45, 7) is 5.07. The zero-order chi connectivity index (χ0) is 24.4. The fraction of sp³-hybridized carbons (Fsp3) is 0.480. The zero-order valence-corrected chi connectivity index (χ0v) is 20.8. The Labute approximate surface area is 207 Å². The molecule has 0 saturated carbocycles. The molecular weight excluding hydrogens is 469 g/mol. The first kappa shape index (κ1) is 23.9. The highest BCUT2D eigenvalue weighted by molar-refractivity contribution is 7.20. The van der Waals surface area contributed by atoms with Crippen LogP contribution in [-0.4, -0.2) is 66.3 Å². The minimum absolute atomic E-state index is 0.0749. The number of carbonyl (C=O) groups excluding carboxylic acids is 1. The average Bonchev–Trinajstić information content (AvgIpc) is 3.20. The van der Waals surface area contributed by atoms with E-state index in [0.29, 0.717) is 28.7 Å². The van der Waals surface area contributed by atoms with Crippen molar-refractivity contribution in [1.29, 1.82) is 0 Å². The normalized spacial score (nSPS) is 19.6. The van der Waals surface area contributed by atoms with E-state index in [1.807, 2.05) is 6.92 Å². The quantitative estimate of drug-likeness (QED) is 0.524. The largest absolute Gasteiger partial charge is 0.486 e. The molecule has 186 valence electrons. The van der Waals surface area contributed by atoms with E-state index in [9.17, 15) is 9.18 Å². The van der Waals surface area contributed by atoms with Gasteiger partial charge in [0, 0.05) is 18.7 Å². The second-order valence-corrected chi connectivity index (χ2v) is 10.2. The highest BCUT2D eigenvalue weighted by atomic mass is 32.1. The molecular formula is C25H30FN5O3S. The Kier molecular flexibility index (Phi) is 7.12. The summed E-state index contributed by atoms with van der Waals surface area (Å²) in [5.74, 6) is 0.502. The Morgan fingerprint density at radius 3 is 2.86 bits per heavy atom. The van der Waals surface area contributed by atoms with Gasteiger partial charge in [0.15, 0.2) is 0 Å². The van der Waals surface area contributed by atoms with Crippen LogP contribution in [0.25, 0.3) is 10.2 Å². The van der Waals surface area contributed by atoms with Crippen molar-refractivity contribution in [3.8, 4) is 5.75 Å². The van der Waals surface area contributed by atoms with E-state index in [4.69, 9.17) is 9.47 Å². The number of halogens is 1. The van der Waals surface area contributed by atoms with E-state index in [1.165, 1.54) is 29.8 Å². The molecule has 2 aliphatic heterocycles. The third kappa shape index (κ3) is 5.39. The Hall–Kier alpha value is -2.82. The number of carbonyl (C=O) groups is 1. The van der Waals surface area contributed by atoms with Gasteiger partial charge in [0.25, 0.3) is 5.91 Å². The number of amides is 1. The number of nitrogens with zero attached hydrogens (tertiary/aromatic N) is 3. The van der Waals surface area contributed by atoms with E-state index < -0.39 is 0 Å². The van der Waals surface area contributed by atoms with Gasteiger partial charge in [-0.1, -0.05) is 0 Å². The van der Waals surface area contributed by atoms with E-state index in [2.05, 4.69) is 32.5 Å². The number of benzene rings is 1. The number of fused-ring (bicyclic) bond motifs is 1. The van der Waals surface area contributed by atoms with Gasteiger partial charge in [0.1, 0.15) is 34.6 Å². The molecule has 4 heterocycles. The van der Waals surface area contributed by atoms with Gasteiger partial charge >= 0.3 is 0 Å². The molecule has 8 nitrogen and oxygen atoms in total. The predicted octanol–water partition coefficient (Wildman–Crippen LogP) is 4.26. The van der Waals surface area contributed by atoms with Crippen LogP contribution < -0.4 is 15.4 Å². The first-order chi connectivity index (χ1) is 17.0. The van der Waals surface area contributed by atoms with Gasteiger partial charge in [-0.05, 0) is 70.4 Å². The molecule has 1 amide bonds. The van der Waals surface area contributed by atoms with Crippen molar-refractivity contribution in [3.05, 3.63) is 40.8 Å². The molecule has 0 bridgehead atoms. The number of hydrogen-bond acceptors (Lipinski definition) is 8. The maximum absolute atomic E-state index is 14.1. The van der Waals surface area contributed by atoms with Gasteiger partial charge in [-0.3, -0.25) is 4.79 Å². The van der Waals surface area contributed by atoms with Crippen LogP contribution in [0.1, 0.15) is 40.9 Å². The van der Waals surface area contributed by atoms with Crippen LogP contribution in [0.3, 0.4) is 0 Å². The van der Waals surface area contributed by atoms with E-state index >= 15 is 0 Å². The van der Waals surface area contributed by atoms with Crippen molar-refractivity contribution in [2.75, 3.05) is 38.7 Å². The fourth-order valence-electron chi connectivity index (χ4n) is 4.60. The molecule has 0 aliphatic carbocycles. The topological polar surface area (TPSA) is 88.6 Å². The monoisotopic (exact) mass is 499 g/mol. The lowest BCUT2D eigenvalue weighted by Crippen LogP contribution is -2.43. The van der Waals surface area contributed by atoms with Crippen molar-refractivity contribution < 1.29 is 18.7 Å². The number of rotatable bonds is 6. The summed E-state index contributed by atoms with van der Waals surface area (Å²) in [6.07, 6.45) is 4.99. The van der Waals surface area contributed by atoms with Gasteiger partial charge in [-0.25, -0.2) is 14.4 Å². The molecule has 2 aromatic heterocycles. The van der Waals surface area contributed by atoms with Crippen molar-refractivity contribution in [2.24, 2.45) is 0 Å². The number of hydrogen-bond donors (Lipinski definition) is 2. The van der Waals surface area contributed by atoms with Crippen LogP contribution in [0.2, 0.25) is 0 Å². The second-order valence-electron chi connectivity index (χ2n) is 9.23. The summed E-state index contributed by atoms with van der Waals surface area (Å²) in [7, 11) is 2.10. The summed E-state index contributed by atoms with van der Waals surface area (Å²) in [5, 5.41) is 7.27. The first-order valence-corrected chi connectivity index (χ1v) is 12.8. The Balaban J connectivity index is 1.40. The van der Waals surface area contributed by atoms with Gasteiger partial charge in [0.2, 0.25) is 0 Å². The third-order valence-corrected chi connectivity index (χ3v) is 7.79. The predicted molar refractivity (Wildman–Crippen MR) is 134 cm³/mol. The molecule has 2 aliphatic rings. The Morgan fingerprint density at radius 2 is 2.09 bits per heavy atom. The maximum Gasteiger partial charge on any atom is 0.261 e. The summed E-state index contributed by atoms with van der Waals surface area (Å²) in [5.41, 5.74) is 1.42. The third-order valence-electron chi connectivity index (χ3n) is 6.60. The van der Waals surface area contributed by atoms with E-state index in [1.54, 1.807) is 6.07 Å². The first-order valence-electron chi connectivity index (χ1n) is 12.0. The molecule has 1 atom stereocenters. The zero-order valence-electron chi connectivity index (χ0n) is 20.0. The molecule has 0 spiro atoms. The van der Waals surface area contributed by atoms with Gasteiger partial charge < -0.3 is 25.0 Å². The molecule has 2 saturated heterocycles. The molecule has 5 rings (SSSR count). The lowest BCUT2D eigenvalue weighted by atomic mass is 10.1. The number of ether oxygens (including phenoxy) is 2. The van der Waals surface area contributed by atoms with Crippen LogP contribution in [0.15, 0.2) is 24.5 Å². The molecule has 2 N–H and O–H groups in total. The van der Waals surface area contributed by atoms with Crippen molar-refractivity contribution in [3.63, 3.8) is 0 Å². The number of anilines is 2. The summed E-state index contributed by atoms with van der Waals surface area (Å²) >= 11 is 1.36. The van der Waals surface area contributed by atoms with Gasteiger partial charge in [-0.2, -0.15) is 0 Å². The molecule has 0 unspecified atom stereocenters. The highest BCUT2D eigenvalue weighted by Crippen LogP contribution is 2.37. The minimum atomic E-state index is -0.380. The molecule has 1 aromatic carbocycles. The van der Waals surface area contributed by atoms with E-state index in [0.717, 1.165) is 61.2 Å². The standard InChI is InChI=1S/C25H30FN5O3S/c1-15-21-23(30-19-6-5-16(26)12-20(19)34-18-4-3-11-33-13-18)27-14-28-25(21)35-22(15)24(32)29-17-7-9-31(2)10-8-17/h5-6,12,14,17-18H,3-4,7-11,13H2,1-2H3,(H,29,32)(H,27,28,30)/t18-/m1/s1. The molecule has 0 radical (unpaired) electrons. The highest BCUT2D eigenvalue weighted by Gasteiger charge is 2.24. The van der Waals surface area contributed by atoms with Gasteiger partial charge in [-0.15, -0.1) is 11.3 Å². The lowest BCUT2D eigenvalue weighted by Gasteiger charge is -2.29. The molecule has 35 heavy (non-hydrogen) atoms. The SMILES string of the molecule is Cc1c(C(=O)NC2CCN(C)CC2)sc2ncnc(Nc3ccc(F)cc3O[C@@H]3CCCOC3)c12.